The molecule has 0 spiro atoms. The summed E-state index contributed by atoms with van der Waals surface area (Å²) in [5, 5.41) is 22.8. The zero-order valence-corrected chi connectivity index (χ0v) is 40.2. The van der Waals surface area contributed by atoms with Crippen LogP contribution in [0.1, 0.15) is 84.0 Å². The minimum Gasteiger partial charge on any atom is -0.400 e. The fourth-order valence-electron chi connectivity index (χ4n) is 7.27. The second-order valence-corrected chi connectivity index (χ2v) is 19.8. The molecule has 3 N–H and O–H groups in total. The minimum absolute atomic E-state index is 0.00723. The number of pyridine rings is 4. The first kappa shape index (κ1) is 51.8. The molecule has 0 bridgehead atoms. The minimum atomic E-state index is -3.50. The van der Waals surface area contributed by atoms with Gasteiger partial charge in [-0.15, -0.1) is 6.58 Å². The average Bonchev–Trinajstić information content (AvgIpc) is 4.03. The number of aromatic nitrogens is 8. The van der Waals surface area contributed by atoms with Gasteiger partial charge in [-0.25, -0.2) is 44.9 Å². The van der Waals surface area contributed by atoms with E-state index in [0.717, 1.165) is 13.5 Å². The molecule has 0 saturated heterocycles. The van der Waals surface area contributed by atoms with E-state index in [-0.39, 0.29) is 39.1 Å². The van der Waals surface area contributed by atoms with Gasteiger partial charge in [0.2, 0.25) is 0 Å². The van der Waals surface area contributed by atoms with E-state index in [0.29, 0.717) is 68.3 Å². The molecule has 21 heteroatoms. The highest BCUT2D eigenvalue weighted by atomic mass is 32.2. The Kier molecular flexibility index (Phi) is 17.1. The molecule has 70 heavy (non-hydrogen) atoms. The molecule has 0 radical (unpaired) electrons. The summed E-state index contributed by atoms with van der Waals surface area (Å²) < 4.78 is 78.8. The fraction of sp³-hybridized carbons (Fsp3) is 0.224. The summed E-state index contributed by atoms with van der Waals surface area (Å²) in [5.74, 6) is -1.61. The molecule has 6 heterocycles. The van der Waals surface area contributed by atoms with E-state index in [1.807, 2.05) is 6.92 Å². The molecule has 0 unspecified atom stereocenters. The number of aliphatic hydroxyl groups is 1. The number of hydrogen-bond donors (Lipinski definition) is 3. The second kappa shape index (κ2) is 23.1. The second-order valence-electron chi connectivity index (χ2n) is 15.3. The van der Waals surface area contributed by atoms with Crippen LogP contribution >= 0.6 is 0 Å². The molecule has 2 aromatic carbocycles. The molecule has 17 nitrogen and oxygen atoms in total. The predicted molar refractivity (Wildman–Crippen MR) is 260 cm³/mol. The highest BCUT2D eigenvalue weighted by molar-refractivity contribution is 7.91. The van der Waals surface area contributed by atoms with Crippen molar-refractivity contribution >= 4 is 53.3 Å². The topological polar surface area (TPSA) is 234 Å². The number of nitrogens with zero attached hydrogens (tertiary/aromatic N) is 8. The van der Waals surface area contributed by atoms with Gasteiger partial charge in [-0.1, -0.05) is 33.3 Å². The lowest BCUT2D eigenvalue weighted by atomic mass is 10.0. The van der Waals surface area contributed by atoms with Crippen LogP contribution in [0.15, 0.2) is 145 Å². The lowest BCUT2D eigenvalue weighted by Gasteiger charge is -2.19. The molecule has 2 atom stereocenters. The van der Waals surface area contributed by atoms with E-state index >= 15 is 0 Å². The Morgan fingerprint density at radius 1 is 0.643 bits per heavy atom. The number of sulfone groups is 2. The van der Waals surface area contributed by atoms with Gasteiger partial charge in [0.25, 0.3) is 11.8 Å². The monoisotopic (exact) mass is 992 g/mol. The number of fused-ring (bicyclic) bond motifs is 2. The van der Waals surface area contributed by atoms with Gasteiger partial charge >= 0.3 is 0 Å². The summed E-state index contributed by atoms with van der Waals surface area (Å²) in [5.41, 5.74) is 4.35. The number of hydrogen-bond acceptors (Lipinski definition) is 13. The summed E-state index contributed by atoms with van der Waals surface area (Å²) in [6.07, 6.45) is 15.5. The van der Waals surface area contributed by atoms with Gasteiger partial charge in [0.15, 0.2) is 29.7 Å². The first-order valence-corrected chi connectivity index (χ1v) is 25.2. The van der Waals surface area contributed by atoms with Gasteiger partial charge < -0.3 is 15.7 Å². The maximum absolute atomic E-state index is 13.3. The van der Waals surface area contributed by atoms with Crippen molar-refractivity contribution in [2.75, 3.05) is 18.6 Å². The van der Waals surface area contributed by atoms with E-state index < -0.39 is 37.7 Å². The molecule has 8 aromatic rings. The Labute approximate surface area is 403 Å². The fourth-order valence-corrected chi connectivity index (χ4v) is 8.93. The molecule has 0 fully saturated rings. The van der Waals surface area contributed by atoms with E-state index in [2.05, 4.69) is 47.3 Å². The van der Waals surface area contributed by atoms with Crippen molar-refractivity contribution in [1.29, 1.82) is 0 Å². The summed E-state index contributed by atoms with van der Waals surface area (Å²) >= 11 is 0. The van der Waals surface area contributed by atoms with Crippen molar-refractivity contribution in [2.45, 2.75) is 62.2 Å². The number of nitrogens with one attached hydrogen (secondary N) is 2. The van der Waals surface area contributed by atoms with Crippen LogP contribution in [0.2, 0.25) is 0 Å². The summed E-state index contributed by atoms with van der Waals surface area (Å²) in [6, 6.07) is 17.1. The largest absolute Gasteiger partial charge is 0.400 e. The molecule has 2 amide bonds. The van der Waals surface area contributed by atoms with Crippen molar-refractivity contribution in [1.82, 2.24) is 50.1 Å². The number of carbonyl (C=O) groups excluding carboxylic acids is 2. The summed E-state index contributed by atoms with van der Waals surface area (Å²) in [4.78, 5) is 42.9. The van der Waals surface area contributed by atoms with Gasteiger partial charge in [-0.3, -0.25) is 19.6 Å². The Hall–Kier alpha value is -7.62. The normalized spacial score (nSPS) is 12.2. The van der Waals surface area contributed by atoms with Crippen LogP contribution < -0.4 is 10.6 Å². The molecule has 6 aromatic heterocycles. The first-order valence-electron chi connectivity index (χ1n) is 21.9. The van der Waals surface area contributed by atoms with Gasteiger partial charge in [0.1, 0.15) is 11.6 Å². The molecule has 0 aliphatic carbocycles. The molecular weight excluding hydrogens is 943 g/mol. The number of amides is 2. The highest BCUT2D eigenvalue weighted by Crippen LogP contribution is 2.27. The lowest BCUT2D eigenvalue weighted by molar-refractivity contribution is 0.0928. The van der Waals surface area contributed by atoms with Crippen molar-refractivity contribution in [3.63, 3.8) is 0 Å². The average molecular weight is 993 g/mol. The van der Waals surface area contributed by atoms with Gasteiger partial charge in [0.05, 0.1) is 81.9 Å². The van der Waals surface area contributed by atoms with Crippen LogP contribution in [-0.2, 0) is 19.7 Å². The number of aliphatic hydroxyl groups excluding tert-OH is 1. The van der Waals surface area contributed by atoms with Crippen molar-refractivity contribution in [3.8, 4) is 11.4 Å². The third kappa shape index (κ3) is 11.8. The van der Waals surface area contributed by atoms with Crippen LogP contribution in [0, 0.1) is 11.6 Å². The van der Waals surface area contributed by atoms with Gasteiger partial charge in [0, 0.05) is 42.7 Å². The Morgan fingerprint density at radius 3 is 1.46 bits per heavy atom. The smallest absolute Gasteiger partial charge is 0.254 e. The van der Waals surface area contributed by atoms with Crippen LogP contribution in [0.4, 0.5) is 8.78 Å². The first-order chi connectivity index (χ1) is 33.7. The predicted octanol–water partition coefficient (Wildman–Crippen LogP) is 7.42. The van der Waals surface area contributed by atoms with E-state index in [1.54, 1.807) is 90.5 Å². The van der Waals surface area contributed by atoms with Crippen LogP contribution in [0.3, 0.4) is 0 Å². The van der Waals surface area contributed by atoms with Crippen molar-refractivity contribution in [3.05, 3.63) is 169 Å². The third-order valence-electron chi connectivity index (χ3n) is 10.9. The SMILES string of the molecule is C=CC[C@H](NC(=O)c1cncc2c1cnn2-c1ccc(F)cc1)c1ccnc(S(=O)(=O)CC)c1.CCC[C@H](NC(=O)c1cncc2c1cnn2-c1ccc(F)cc1)c1ccnc(S(=O)(=O)CC)c1.CO. The van der Waals surface area contributed by atoms with Crippen molar-refractivity contribution < 1.29 is 40.3 Å². The third-order valence-corrected chi connectivity index (χ3v) is 14.2. The zero-order chi connectivity index (χ0) is 50.6. The number of carbonyl (C=O) groups is 2. The molecule has 0 saturated carbocycles. The highest BCUT2D eigenvalue weighted by Gasteiger charge is 2.24. The zero-order valence-electron chi connectivity index (χ0n) is 38.6. The maximum Gasteiger partial charge on any atom is 0.254 e. The Morgan fingerprint density at radius 2 is 1.06 bits per heavy atom. The van der Waals surface area contributed by atoms with Gasteiger partial charge in [-0.05, 0) is 96.8 Å². The molecule has 0 aliphatic rings. The van der Waals surface area contributed by atoms with Crippen LogP contribution in [0.25, 0.3) is 33.2 Å². The van der Waals surface area contributed by atoms with E-state index in [1.165, 1.54) is 61.2 Å². The summed E-state index contributed by atoms with van der Waals surface area (Å²) in [6.45, 7) is 8.85. The molecule has 8 rings (SSSR count). The van der Waals surface area contributed by atoms with Crippen LogP contribution in [-0.4, -0.2) is 91.9 Å². The lowest BCUT2D eigenvalue weighted by Crippen LogP contribution is -2.29. The van der Waals surface area contributed by atoms with Crippen LogP contribution in [0.5, 0.6) is 0 Å². The number of halogens is 2. The molecular formula is C49H50F2N10O7S2. The van der Waals surface area contributed by atoms with Crippen molar-refractivity contribution in [2.24, 2.45) is 0 Å². The number of benzene rings is 2. The molecule has 0 aliphatic heterocycles. The maximum atomic E-state index is 13.3. The number of rotatable bonds is 16. The van der Waals surface area contributed by atoms with Gasteiger partial charge in [-0.2, -0.15) is 10.2 Å². The Balaban J connectivity index is 0.000000222. The molecule has 364 valence electrons. The Bertz CT molecular complexity index is 3350. The summed E-state index contributed by atoms with van der Waals surface area (Å²) in [7, 11) is -5.97. The standard InChI is InChI=1S/C24H24FN5O3S.C24H22FN5O3S.CH4O/c2*1-3-5-21(16-10-11-27-23(12-16)34(32,33)4-2)29-24(31)20-13-26-15-22-19(20)14-28-30(22)18-8-6-17(25)7-9-18;1-2/h6-15,21H,3-5H2,1-2H3,(H,29,31);3,6-15,21H,1,4-5H2,2H3,(H,29,31);2H,1H3/t2*21-;/m00./s1. The quantitative estimate of drug-likeness (QED) is 0.0801. The van der Waals surface area contributed by atoms with E-state index in [4.69, 9.17) is 5.11 Å². The van der Waals surface area contributed by atoms with E-state index in [9.17, 15) is 35.2 Å².